The molecule has 1 unspecified atom stereocenters. The van der Waals surface area contributed by atoms with Crippen molar-refractivity contribution in [3.63, 3.8) is 0 Å². The van der Waals surface area contributed by atoms with E-state index in [1.165, 1.54) is 56.9 Å². The molecule has 0 N–H and O–H groups in total. The molecule has 1 saturated carbocycles. The Morgan fingerprint density at radius 2 is 1.94 bits per heavy atom. The third kappa shape index (κ3) is 7.72. The highest BCUT2D eigenvalue weighted by atomic mass is 35.5. The van der Waals surface area contributed by atoms with Gasteiger partial charge in [0.2, 0.25) is 0 Å². The van der Waals surface area contributed by atoms with Crippen LogP contribution in [0.5, 0.6) is 0 Å². The Balaban J connectivity index is 1.54. The Morgan fingerprint density at radius 1 is 1.12 bits per heavy atom. The zero-order valence-corrected chi connectivity index (χ0v) is 21.4. The van der Waals surface area contributed by atoms with Crippen molar-refractivity contribution in [2.75, 3.05) is 13.7 Å². The Kier molecular flexibility index (Phi) is 11.3. The third-order valence-electron chi connectivity index (χ3n) is 7.06. The standard InChI is InChI=1S/C26H41ClO4S/c1-3-4-5-6-7-12-21-20(13-10-11-19-15-16-24(32-19)26(28)29-2)22(27)18-23(21)31-25-14-8-9-17-30-25/h15-16,20-23,25H,3-14,17-18H2,1-2H3/t20-,21-,22-,23-,25?/m1/s1. The monoisotopic (exact) mass is 484 g/mol. The maximum atomic E-state index is 11.7. The van der Waals surface area contributed by atoms with E-state index in [0.717, 1.165) is 45.1 Å². The van der Waals surface area contributed by atoms with Crippen LogP contribution in [0.25, 0.3) is 0 Å². The lowest BCUT2D eigenvalue weighted by atomic mass is 9.85. The van der Waals surface area contributed by atoms with Crippen molar-refractivity contribution in [2.24, 2.45) is 11.8 Å². The number of carbonyl (C=O) groups excluding carboxylic acids is 1. The molecule has 1 aliphatic heterocycles. The number of carbonyl (C=O) groups is 1. The van der Waals surface area contributed by atoms with Crippen LogP contribution in [0.4, 0.5) is 0 Å². The van der Waals surface area contributed by atoms with Gasteiger partial charge in [-0.05, 0) is 75.3 Å². The van der Waals surface area contributed by atoms with Crippen LogP contribution in [0.1, 0.15) is 98.5 Å². The Bertz CT molecular complexity index is 673. The minimum absolute atomic E-state index is 0.0400. The molecule has 1 aromatic heterocycles. The molecule has 3 rings (SSSR count). The minimum Gasteiger partial charge on any atom is -0.465 e. The quantitative estimate of drug-likeness (QED) is 0.166. The fraction of sp³-hybridized carbons (Fsp3) is 0.808. The lowest BCUT2D eigenvalue weighted by Gasteiger charge is -2.30. The summed E-state index contributed by atoms with van der Waals surface area (Å²) in [5.74, 6) is 0.779. The summed E-state index contributed by atoms with van der Waals surface area (Å²) in [6.07, 6.45) is 15.4. The van der Waals surface area contributed by atoms with E-state index >= 15 is 0 Å². The number of thiophene rings is 1. The number of unbranched alkanes of at least 4 members (excludes halogenated alkanes) is 4. The van der Waals surface area contributed by atoms with Crippen molar-refractivity contribution in [1.29, 1.82) is 0 Å². The lowest BCUT2D eigenvalue weighted by molar-refractivity contribution is -0.196. The average molecular weight is 485 g/mol. The van der Waals surface area contributed by atoms with Gasteiger partial charge in [0.05, 0.1) is 13.2 Å². The van der Waals surface area contributed by atoms with Crippen LogP contribution in [0.15, 0.2) is 12.1 Å². The molecule has 4 nitrogen and oxygen atoms in total. The molecular formula is C26H41ClO4S. The Hall–Kier alpha value is -0.620. The van der Waals surface area contributed by atoms with E-state index in [1.807, 2.05) is 6.07 Å². The van der Waals surface area contributed by atoms with Crippen LogP contribution in [-0.2, 0) is 20.6 Å². The van der Waals surface area contributed by atoms with E-state index < -0.39 is 0 Å². The second-order valence-electron chi connectivity index (χ2n) is 9.40. The number of aryl methyl sites for hydroxylation is 1. The molecule has 6 heteroatoms. The van der Waals surface area contributed by atoms with E-state index in [0.29, 0.717) is 16.7 Å². The van der Waals surface area contributed by atoms with Crippen LogP contribution < -0.4 is 0 Å². The molecular weight excluding hydrogens is 444 g/mol. The molecule has 2 aliphatic rings. The van der Waals surface area contributed by atoms with Gasteiger partial charge in [-0.25, -0.2) is 4.79 Å². The molecule has 0 spiro atoms. The molecule has 2 fully saturated rings. The predicted octanol–water partition coefficient (Wildman–Crippen LogP) is 7.37. The summed E-state index contributed by atoms with van der Waals surface area (Å²) in [5.41, 5.74) is 0. The van der Waals surface area contributed by atoms with Gasteiger partial charge in [-0.3, -0.25) is 0 Å². The van der Waals surface area contributed by atoms with Gasteiger partial charge < -0.3 is 14.2 Å². The molecule has 0 amide bonds. The molecule has 2 heterocycles. The highest BCUT2D eigenvalue weighted by Gasteiger charge is 2.43. The van der Waals surface area contributed by atoms with Crippen LogP contribution in [-0.4, -0.2) is 37.5 Å². The summed E-state index contributed by atoms with van der Waals surface area (Å²) in [6, 6.07) is 3.93. The number of rotatable bonds is 13. The van der Waals surface area contributed by atoms with Gasteiger partial charge in [-0.1, -0.05) is 39.0 Å². The Morgan fingerprint density at radius 3 is 2.69 bits per heavy atom. The molecule has 0 bridgehead atoms. The minimum atomic E-state index is -0.245. The molecule has 0 aromatic carbocycles. The first kappa shape index (κ1) is 26.0. The smallest absolute Gasteiger partial charge is 0.348 e. The van der Waals surface area contributed by atoms with E-state index in [1.54, 1.807) is 11.3 Å². The SMILES string of the molecule is CCCCCCC[C@@H]1[C@@H](CCCc2ccc(C(=O)OC)s2)[C@H](Cl)C[C@H]1OC1CCCCO1. The van der Waals surface area contributed by atoms with Crippen molar-refractivity contribution in [1.82, 2.24) is 0 Å². The van der Waals surface area contributed by atoms with Gasteiger partial charge in [0, 0.05) is 16.9 Å². The van der Waals surface area contributed by atoms with Gasteiger partial charge in [-0.2, -0.15) is 0 Å². The van der Waals surface area contributed by atoms with Crippen LogP contribution in [0, 0.1) is 11.8 Å². The number of hydrogen-bond donors (Lipinski definition) is 0. The zero-order valence-electron chi connectivity index (χ0n) is 19.9. The van der Waals surface area contributed by atoms with Gasteiger partial charge in [0.1, 0.15) is 4.88 Å². The number of alkyl halides is 1. The van der Waals surface area contributed by atoms with Gasteiger partial charge >= 0.3 is 5.97 Å². The van der Waals surface area contributed by atoms with Crippen molar-refractivity contribution in [2.45, 2.75) is 108 Å². The molecule has 1 saturated heterocycles. The van der Waals surface area contributed by atoms with E-state index in [9.17, 15) is 4.79 Å². The highest BCUT2D eigenvalue weighted by molar-refractivity contribution is 7.13. The van der Waals surface area contributed by atoms with E-state index in [2.05, 4.69) is 13.0 Å². The molecule has 1 aliphatic carbocycles. The molecule has 182 valence electrons. The van der Waals surface area contributed by atoms with Crippen molar-refractivity contribution >= 4 is 28.9 Å². The lowest BCUT2D eigenvalue weighted by Crippen LogP contribution is -2.31. The molecule has 1 aromatic rings. The predicted molar refractivity (Wildman–Crippen MR) is 132 cm³/mol. The average Bonchev–Trinajstić information content (AvgIpc) is 3.39. The van der Waals surface area contributed by atoms with Crippen molar-refractivity contribution in [3.05, 3.63) is 21.9 Å². The zero-order chi connectivity index (χ0) is 22.8. The fourth-order valence-corrected chi connectivity index (χ4v) is 6.75. The van der Waals surface area contributed by atoms with Gasteiger partial charge in [0.25, 0.3) is 0 Å². The normalized spacial score (nSPS) is 28.2. The van der Waals surface area contributed by atoms with Crippen molar-refractivity contribution < 1.29 is 19.0 Å². The second kappa shape index (κ2) is 13.9. The van der Waals surface area contributed by atoms with Gasteiger partial charge in [0.15, 0.2) is 6.29 Å². The van der Waals surface area contributed by atoms with E-state index in [-0.39, 0.29) is 23.7 Å². The van der Waals surface area contributed by atoms with Gasteiger partial charge in [-0.15, -0.1) is 22.9 Å². The first-order valence-electron chi connectivity index (χ1n) is 12.7. The van der Waals surface area contributed by atoms with Crippen LogP contribution in [0.2, 0.25) is 0 Å². The van der Waals surface area contributed by atoms with Crippen molar-refractivity contribution in [3.8, 4) is 0 Å². The summed E-state index contributed by atoms with van der Waals surface area (Å²) in [4.78, 5) is 13.6. The summed E-state index contributed by atoms with van der Waals surface area (Å²) >= 11 is 8.46. The topological polar surface area (TPSA) is 44.8 Å². The van der Waals surface area contributed by atoms with Crippen LogP contribution in [0.3, 0.4) is 0 Å². The maximum Gasteiger partial charge on any atom is 0.348 e. The maximum absolute atomic E-state index is 11.7. The molecule has 5 atom stereocenters. The first-order valence-corrected chi connectivity index (χ1v) is 14.0. The van der Waals surface area contributed by atoms with Crippen LogP contribution >= 0.6 is 22.9 Å². The number of esters is 1. The first-order chi connectivity index (χ1) is 15.6. The summed E-state index contributed by atoms with van der Waals surface area (Å²) in [6.45, 7) is 3.09. The number of halogens is 1. The number of methoxy groups -OCH3 is 1. The summed E-state index contributed by atoms with van der Waals surface area (Å²) in [7, 11) is 1.43. The third-order valence-corrected chi connectivity index (χ3v) is 8.69. The second-order valence-corrected chi connectivity index (χ2v) is 11.1. The summed E-state index contributed by atoms with van der Waals surface area (Å²) < 4.78 is 17.2. The molecule has 0 radical (unpaired) electrons. The number of ether oxygens (including phenoxy) is 3. The van der Waals surface area contributed by atoms with E-state index in [4.69, 9.17) is 25.8 Å². The largest absolute Gasteiger partial charge is 0.465 e. The molecule has 32 heavy (non-hydrogen) atoms. The number of hydrogen-bond acceptors (Lipinski definition) is 5. The highest BCUT2D eigenvalue weighted by Crippen LogP contribution is 2.44. The Labute approximate surface area is 203 Å². The fourth-order valence-electron chi connectivity index (χ4n) is 5.30. The summed E-state index contributed by atoms with van der Waals surface area (Å²) in [5, 5.41) is 0.179.